The first kappa shape index (κ1) is 13.5. The number of rotatable bonds is 3. The molecule has 0 bridgehead atoms. The normalized spacial score (nSPS) is 11.2. The van der Waals surface area contributed by atoms with Crippen LogP contribution in [-0.2, 0) is 0 Å². The van der Waals surface area contributed by atoms with Crippen LogP contribution in [0, 0.1) is 0 Å². The van der Waals surface area contributed by atoms with Crippen molar-refractivity contribution in [2.45, 2.75) is 5.92 Å². The Hall–Kier alpha value is -3.14. The van der Waals surface area contributed by atoms with Gasteiger partial charge in [0, 0.05) is 6.20 Å². The van der Waals surface area contributed by atoms with Gasteiger partial charge in [0.1, 0.15) is 5.82 Å². The molecule has 4 aromatic rings. The molecule has 2 aromatic heterocycles. The van der Waals surface area contributed by atoms with Gasteiger partial charge in [-0.15, -0.1) is 10.2 Å². The monoisotopic (exact) mass is 300 g/mol. The van der Waals surface area contributed by atoms with Gasteiger partial charge in [-0.2, -0.15) is 0 Å². The number of nitrogen functional groups attached to an aromatic ring is 1. The fourth-order valence-electron chi connectivity index (χ4n) is 2.93. The Labute approximate surface area is 134 Å². The number of pyridine rings is 1. The Morgan fingerprint density at radius 1 is 0.739 bits per heavy atom. The molecule has 0 spiro atoms. The minimum absolute atomic E-state index is 0.00852. The summed E-state index contributed by atoms with van der Waals surface area (Å²) in [5.41, 5.74) is 9.70. The maximum atomic E-state index is 6.02. The van der Waals surface area contributed by atoms with Crippen LogP contribution >= 0.6 is 0 Å². The van der Waals surface area contributed by atoms with Gasteiger partial charge in [0.05, 0.1) is 11.6 Å². The van der Waals surface area contributed by atoms with Crippen LogP contribution in [0.1, 0.15) is 22.9 Å². The van der Waals surface area contributed by atoms with Gasteiger partial charge >= 0.3 is 0 Å². The van der Waals surface area contributed by atoms with Crippen LogP contribution in [0.25, 0.3) is 5.65 Å². The minimum Gasteiger partial charge on any atom is -0.396 e. The smallest absolute Gasteiger partial charge is 0.184 e. The topological polar surface area (TPSA) is 56.2 Å². The van der Waals surface area contributed by atoms with Crippen molar-refractivity contribution in [3.63, 3.8) is 0 Å². The molecule has 0 radical (unpaired) electrons. The molecule has 2 N–H and O–H groups in total. The molecule has 0 aliphatic heterocycles. The highest BCUT2D eigenvalue weighted by molar-refractivity contribution is 5.64. The van der Waals surface area contributed by atoms with Crippen LogP contribution in [-0.4, -0.2) is 14.6 Å². The van der Waals surface area contributed by atoms with Crippen LogP contribution in [0.4, 0.5) is 5.69 Å². The first-order chi connectivity index (χ1) is 11.3. The van der Waals surface area contributed by atoms with Gasteiger partial charge in [0.2, 0.25) is 0 Å². The van der Waals surface area contributed by atoms with E-state index >= 15 is 0 Å². The third-order valence-electron chi connectivity index (χ3n) is 4.02. The predicted molar refractivity (Wildman–Crippen MR) is 91.2 cm³/mol. The lowest BCUT2D eigenvalue weighted by Gasteiger charge is -2.16. The molecule has 4 nitrogen and oxygen atoms in total. The zero-order chi connectivity index (χ0) is 15.6. The number of fused-ring (bicyclic) bond motifs is 1. The second-order valence-corrected chi connectivity index (χ2v) is 5.47. The van der Waals surface area contributed by atoms with Gasteiger partial charge in [-0.05, 0) is 23.3 Å². The maximum Gasteiger partial charge on any atom is 0.184 e. The van der Waals surface area contributed by atoms with Gasteiger partial charge < -0.3 is 5.73 Å². The first-order valence-corrected chi connectivity index (χ1v) is 7.53. The van der Waals surface area contributed by atoms with E-state index in [9.17, 15) is 0 Å². The molecular weight excluding hydrogens is 284 g/mol. The minimum atomic E-state index is 0.00852. The van der Waals surface area contributed by atoms with Gasteiger partial charge in [-0.1, -0.05) is 60.7 Å². The zero-order valence-electron chi connectivity index (χ0n) is 12.5. The number of anilines is 1. The molecule has 23 heavy (non-hydrogen) atoms. The van der Waals surface area contributed by atoms with E-state index in [1.165, 1.54) is 11.1 Å². The lowest BCUT2D eigenvalue weighted by molar-refractivity contribution is 0.834. The molecule has 2 heterocycles. The van der Waals surface area contributed by atoms with Gasteiger partial charge in [-0.3, -0.25) is 4.40 Å². The van der Waals surface area contributed by atoms with Crippen molar-refractivity contribution in [1.29, 1.82) is 0 Å². The predicted octanol–water partition coefficient (Wildman–Crippen LogP) is 3.49. The second-order valence-electron chi connectivity index (χ2n) is 5.47. The van der Waals surface area contributed by atoms with Crippen molar-refractivity contribution in [3.8, 4) is 0 Å². The molecule has 0 atom stereocenters. The maximum absolute atomic E-state index is 6.02. The van der Waals surface area contributed by atoms with Gasteiger partial charge in [0.15, 0.2) is 5.65 Å². The average molecular weight is 300 g/mol. The molecule has 0 amide bonds. The van der Waals surface area contributed by atoms with E-state index < -0.39 is 0 Å². The highest BCUT2D eigenvalue weighted by Gasteiger charge is 2.22. The average Bonchev–Trinajstić information content (AvgIpc) is 3.03. The third-order valence-corrected chi connectivity index (χ3v) is 4.02. The van der Waals surface area contributed by atoms with E-state index in [4.69, 9.17) is 5.73 Å². The molecule has 0 fully saturated rings. The molecule has 4 rings (SSSR count). The SMILES string of the molecule is Nc1cccn2c(C(c3ccccc3)c3ccccc3)nnc12. The van der Waals surface area contributed by atoms with Gasteiger partial charge in [0.25, 0.3) is 0 Å². The van der Waals surface area contributed by atoms with Crippen LogP contribution in [0.15, 0.2) is 79.0 Å². The Kier molecular flexibility index (Phi) is 3.27. The molecule has 4 heteroatoms. The lowest BCUT2D eigenvalue weighted by Crippen LogP contribution is -2.08. The fraction of sp³-hybridized carbons (Fsp3) is 0.0526. The van der Waals surface area contributed by atoms with E-state index in [0.717, 1.165) is 5.82 Å². The molecule has 0 unspecified atom stereocenters. The quantitative estimate of drug-likeness (QED) is 0.630. The Morgan fingerprint density at radius 3 is 1.96 bits per heavy atom. The number of nitrogens with zero attached hydrogens (tertiary/aromatic N) is 3. The molecule has 0 aliphatic carbocycles. The highest BCUT2D eigenvalue weighted by atomic mass is 15.3. The van der Waals surface area contributed by atoms with Crippen molar-refractivity contribution in [2.75, 3.05) is 5.73 Å². The summed E-state index contributed by atoms with van der Waals surface area (Å²) in [6, 6.07) is 24.4. The summed E-state index contributed by atoms with van der Waals surface area (Å²) >= 11 is 0. The van der Waals surface area contributed by atoms with E-state index in [2.05, 4.69) is 34.5 Å². The summed E-state index contributed by atoms with van der Waals surface area (Å²) < 4.78 is 1.97. The summed E-state index contributed by atoms with van der Waals surface area (Å²) in [5, 5.41) is 8.72. The van der Waals surface area contributed by atoms with Crippen molar-refractivity contribution < 1.29 is 0 Å². The number of benzene rings is 2. The molecule has 2 aromatic carbocycles. The largest absolute Gasteiger partial charge is 0.396 e. The van der Waals surface area contributed by atoms with Crippen molar-refractivity contribution >= 4 is 11.3 Å². The number of nitrogens with two attached hydrogens (primary N) is 1. The van der Waals surface area contributed by atoms with Crippen LogP contribution in [0.5, 0.6) is 0 Å². The molecule has 0 saturated heterocycles. The standard InChI is InChI=1S/C19H16N4/c20-16-12-7-13-23-18(16)21-22-19(23)17(14-8-3-1-4-9-14)15-10-5-2-6-11-15/h1-13,17H,20H2. The van der Waals surface area contributed by atoms with Crippen molar-refractivity contribution in [3.05, 3.63) is 95.9 Å². The van der Waals surface area contributed by atoms with Crippen molar-refractivity contribution in [2.24, 2.45) is 0 Å². The van der Waals surface area contributed by atoms with E-state index in [1.807, 2.05) is 59.1 Å². The van der Waals surface area contributed by atoms with E-state index in [-0.39, 0.29) is 5.92 Å². The molecule has 112 valence electrons. The molecular formula is C19H16N4. The first-order valence-electron chi connectivity index (χ1n) is 7.53. The van der Waals surface area contributed by atoms with Crippen molar-refractivity contribution in [1.82, 2.24) is 14.6 Å². The summed E-state index contributed by atoms with van der Waals surface area (Å²) in [7, 11) is 0. The van der Waals surface area contributed by atoms with Crippen LogP contribution < -0.4 is 5.73 Å². The number of aromatic nitrogens is 3. The molecule has 0 saturated carbocycles. The number of hydrogen-bond acceptors (Lipinski definition) is 3. The Morgan fingerprint density at radius 2 is 1.35 bits per heavy atom. The summed E-state index contributed by atoms with van der Waals surface area (Å²) in [5.74, 6) is 0.874. The summed E-state index contributed by atoms with van der Waals surface area (Å²) in [4.78, 5) is 0. The number of hydrogen-bond donors (Lipinski definition) is 1. The van der Waals surface area contributed by atoms with Gasteiger partial charge in [-0.25, -0.2) is 0 Å². The van der Waals surface area contributed by atoms with E-state index in [1.54, 1.807) is 0 Å². The third kappa shape index (κ3) is 2.34. The zero-order valence-corrected chi connectivity index (χ0v) is 12.5. The second kappa shape index (κ2) is 5.57. The lowest BCUT2D eigenvalue weighted by atomic mass is 9.90. The highest BCUT2D eigenvalue weighted by Crippen LogP contribution is 2.31. The Bertz CT molecular complexity index is 890. The molecule has 0 aliphatic rings. The van der Waals surface area contributed by atoms with E-state index in [0.29, 0.717) is 11.3 Å². The summed E-state index contributed by atoms with van der Waals surface area (Å²) in [6.45, 7) is 0. The Balaban J connectivity index is 1.96. The van der Waals surface area contributed by atoms with Crippen LogP contribution in [0.2, 0.25) is 0 Å². The fourth-order valence-corrected chi connectivity index (χ4v) is 2.93. The summed E-state index contributed by atoms with van der Waals surface area (Å²) in [6.07, 6.45) is 1.96. The van der Waals surface area contributed by atoms with Crippen LogP contribution in [0.3, 0.4) is 0 Å².